The van der Waals surface area contributed by atoms with Crippen LogP contribution in [0.5, 0.6) is 0 Å². The van der Waals surface area contributed by atoms with E-state index in [0.717, 1.165) is 16.7 Å². The van der Waals surface area contributed by atoms with E-state index in [1.165, 1.54) is 20.3 Å². The van der Waals surface area contributed by atoms with Crippen molar-refractivity contribution in [3.8, 4) is 0 Å². The molecule has 0 atom stereocenters. The second-order valence-corrected chi connectivity index (χ2v) is 3.41. The molecule has 4 nitrogen and oxygen atoms in total. The Morgan fingerprint density at radius 1 is 1.29 bits per heavy atom. The van der Waals surface area contributed by atoms with Crippen LogP contribution in [0.2, 0.25) is 0 Å². The monoisotopic (exact) mass is 233 g/mol. The molecule has 1 aromatic carbocycles. The second kappa shape index (κ2) is 6.48. The quantitative estimate of drug-likeness (QED) is 0.346. The topological polar surface area (TPSA) is 47.9 Å². The maximum Gasteiger partial charge on any atom is 0.330 e. The fourth-order valence-electron chi connectivity index (χ4n) is 1.29. The second-order valence-electron chi connectivity index (χ2n) is 3.41. The third-order valence-electron chi connectivity index (χ3n) is 2.14. The Labute approximate surface area is 101 Å². The van der Waals surface area contributed by atoms with Gasteiger partial charge in [-0.1, -0.05) is 28.9 Å². The SMILES string of the molecule is CO/N=C/c1ccc(C)cc1/C=C/C(=O)OC. The fraction of sp³-hybridized carbons (Fsp3) is 0.231. The number of aryl methyl sites for hydroxylation is 1. The summed E-state index contributed by atoms with van der Waals surface area (Å²) >= 11 is 0. The molecule has 0 bridgehead atoms. The van der Waals surface area contributed by atoms with E-state index in [0.29, 0.717) is 0 Å². The summed E-state index contributed by atoms with van der Waals surface area (Å²) in [4.78, 5) is 15.7. The molecule has 0 unspecified atom stereocenters. The molecule has 4 heteroatoms. The zero-order valence-corrected chi connectivity index (χ0v) is 10.1. The van der Waals surface area contributed by atoms with Gasteiger partial charge in [0.2, 0.25) is 0 Å². The van der Waals surface area contributed by atoms with Crippen LogP contribution in [0.1, 0.15) is 16.7 Å². The van der Waals surface area contributed by atoms with Gasteiger partial charge in [0, 0.05) is 11.6 Å². The molecule has 0 fully saturated rings. The Morgan fingerprint density at radius 2 is 2.06 bits per heavy atom. The van der Waals surface area contributed by atoms with Gasteiger partial charge < -0.3 is 9.57 Å². The van der Waals surface area contributed by atoms with E-state index in [2.05, 4.69) is 14.7 Å². The van der Waals surface area contributed by atoms with E-state index in [1.54, 1.807) is 12.3 Å². The van der Waals surface area contributed by atoms with Crippen LogP contribution in [-0.2, 0) is 14.4 Å². The Balaban J connectivity index is 3.02. The van der Waals surface area contributed by atoms with Crippen LogP contribution in [-0.4, -0.2) is 26.4 Å². The number of benzene rings is 1. The van der Waals surface area contributed by atoms with Crippen LogP contribution < -0.4 is 0 Å². The molecule has 0 aliphatic rings. The number of hydrogen-bond acceptors (Lipinski definition) is 4. The van der Waals surface area contributed by atoms with Crippen molar-refractivity contribution >= 4 is 18.3 Å². The van der Waals surface area contributed by atoms with Gasteiger partial charge in [0.05, 0.1) is 13.3 Å². The largest absolute Gasteiger partial charge is 0.466 e. The highest BCUT2D eigenvalue weighted by atomic mass is 16.6. The molecule has 1 aromatic rings. The number of carbonyl (C=O) groups excluding carboxylic acids is 1. The number of carbonyl (C=O) groups is 1. The van der Waals surface area contributed by atoms with Crippen LogP contribution in [0.15, 0.2) is 29.4 Å². The molecule has 0 amide bonds. The lowest BCUT2D eigenvalue weighted by atomic mass is 10.0. The summed E-state index contributed by atoms with van der Waals surface area (Å²) in [6.07, 6.45) is 4.66. The zero-order valence-electron chi connectivity index (χ0n) is 10.1. The number of hydrogen-bond donors (Lipinski definition) is 0. The summed E-state index contributed by atoms with van der Waals surface area (Å²) in [6.45, 7) is 1.98. The molecule has 17 heavy (non-hydrogen) atoms. The average Bonchev–Trinajstić information content (AvgIpc) is 2.34. The van der Waals surface area contributed by atoms with Gasteiger partial charge in [0.25, 0.3) is 0 Å². The third kappa shape index (κ3) is 4.10. The lowest BCUT2D eigenvalue weighted by Crippen LogP contribution is -1.95. The maximum absolute atomic E-state index is 11.0. The van der Waals surface area contributed by atoms with Crippen molar-refractivity contribution in [2.24, 2.45) is 5.16 Å². The standard InChI is InChI=1S/C13H15NO3/c1-10-4-5-12(9-14-17-3)11(8-10)6-7-13(15)16-2/h4-9H,1-3H3/b7-6+,14-9+. The van der Waals surface area contributed by atoms with Gasteiger partial charge in [-0.25, -0.2) is 4.79 Å². The Bertz CT molecular complexity index is 450. The number of methoxy groups -OCH3 is 1. The van der Waals surface area contributed by atoms with Crippen LogP contribution in [0.3, 0.4) is 0 Å². The van der Waals surface area contributed by atoms with E-state index >= 15 is 0 Å². The smallest absolute Gasteiger partial charge is 0.330 e. The van der Waals surface area contributed by atoms with Gasteiger partial charge in [-0.15, -0.1) is 0 Å². The highest BCUT2D eigenvalue weighted by molar-refractivity contribution is 5.91. The van der Waals surface area contributed by atoms with Gasteiger partial charge >= 0.3 is 5.97 Å². The molecular formula is C13H15NO3. The molecule has 0 aliphatic carbocycles. The van der Waals surface area contributed by atoms with Gasteiger partial charge in [-0.05, 0) is 18.6 Å². The van der Waals surface area contributed by atoms with Gasteiger partial charge in [0.1, 0.15) is 7.11 Å². The number of oxime groups is 1. The first-order chi connectivity index (χ1) is 8.17. The molecule has 0 spiro atoms. The summed E-state index contributed by atoms with van der Waals surface area (Å²) in [5, 5.41) is 3.70. The fourth-order valence-corrected chi connectivity index (χ4v) is 1.29. The van der Waals surface area contributed by atoms with Crippen molar-refractivity contribution in [2.45, 2.75) is 6.92 Å². The molecule has 0 radical (unpaired) electrons. The third-order valence-corrected chi connectivity index (χ3v) is 2.14. The van der Waals surface area contributed by atoms with Crippen LogP contribution in [0, 0.1) is 6.92 Å². The van der Waals surface area contributed by atoms with Crippen LogP contribution in [0.4, 0.5) is 0 Å². The number of ether oxygens (including phenoxy) is 1. The van der Waals surface area contributed by atoms with E-state index in [1.807, 2.05) is 25.1 Å². The highest BCUT2D eigenvalue weighted by Crippen LogP contribution is 2.12. The summed E-state index contributed by atoms with van der Waals surface area (Å²) in [7, 11) is 2.82. The normalized spacial score (nSPS) is 11.0. The zero-order chi connectivity index (χ0) is 12.7. The lowest BCUT2D eigenvalue weighted by molar-refractivity contribution is -0.134. The molecule has 1 rings (SSSR count). The summed E-state index contributed by atoms with van der Waals surface area (Å²) in [5.41, 5.74) is 2.86. The molecule has 0 heterocycles. The first kappa shape index (κ1) is 13.0. The molecule has 0 saturated carbocycles. The summed E-state index contributed by atoms with van der Waals surface area (Å²) in [5.74, 6) is -0.388. The Kier molecular flexibility index (Phi) is 4.94. The van der Waals surface area contributed by atoms with Crippen molar-refractivity contribution in [1.82, 2.24) is 0 Å². The van der Waals surface area contributed by atoms with Crippen molar-refractivity contribution in [1.29, 1.82) is 0 Å². The van der Waals surface area contributed by atoms with Crippen molar-refractivity contribution in [3.63, 3.8) is 0 Å². The van der Waals surface area contributed by atoms with E-state index in [9.17, 15) is 4.79 Å². The molecule has 0 aliphatic heterocycles. The molecule has 90 valence electrons. The predicted molar refractivity (Wildman–Crippen MR) is 66.8 cm³/mol. The van der Waals surface area contributed by atoms with Gasteiger partial charge in [-0.2, -0.15) is 0 Å². The Hall–Kier alpha value is -2.10. The highest BCUT2D eigenvalue weighted by Gasteiger charge is 1.99. The average molecular weight is 233 g/mol. The van der Waals surface area contributed by atoms with Crippen LogP contribution >= 0.6 is 0 Å². The molecule has 0 saturated heterocycles. The summed E-state index contributed by atoms with van der Waals surface area (Å²) in [6, 6.07) is 5.83. The van der Waals surface area contributed by atoms with Crippen LogP contribution in [0.25, 0.3) is 6.08 Å². The maximum atomic E-state index is 11.0. The van der Waals surface area contributed by atoms with Crippen molar-refractivity contribution in [3.05, 3.63) is 41.0 Å². The van der Waals surface area contributed by atoms with Gasteiger partial charge in [-0.3, -0.25) is 0 Å². The van der Waals surface area contributed by atoms with E-state index < -0.39 is 0 Å². The van der Waals surface area contributed by atoms with E-state index in [4.69, 9.17) is 0 Å². The van der Waals surface area contributed by atoms with E-state index in [-0.39, 0.29) is 5.97 Å². The first-order valence-electron chi connectivity index (χ1n) is 5.10. The number of nitrogens with zero attached hydrogens (tertiary/aromatic N) is 1. The van der Waals surface area contributed by atoms with Crippen molar-refractivity contribution in [2.75, 3.05) is 14.2 Å². The minimum Gasteiger partial charge on any atom is -0.466 e. The first-order valence-corrected chi connectivity index (χ1v) is 5.10. The molecule has 0 N–H and O–H groups in total. The number of esters is 1. The molecular weight excluding hydrogens is 218 g/mol. The Morgan fingerprint density at radius 3 is 2.71 bits per heavy atom. The van der Waals surface area contributed by atoms with Gasteiger partial charge in [0.15, 0.2) is 0 Å². The predicted octanol–water partition coefficient (Wildman–Crippen LogP) is 2.16. The minimum atomic E-state index is -0.388. The summed E-state index contributed by atoms with van der Waals surface area (Å²) < 4.78 is 4.54. The lowest BCUT2D eigenvalue weighted by Gasteiger charge is -2.02. The van der Waals surface area contributed by atoms with Crippen molar-refractivity contribution < 1.29 is 14.4 Å². The molecule has 0 aromatic heterocycles. The minimum absolute atomic E-state index is 0.388. The number of rotatable bonds is 4.